The van der Waals surface area contributed by atoms with Gasteiger partial charge in [0.15, 0.2) is 0 Å². The molecule has 2 unspecified atom stereocenters. The molecule has 3 heteroatoms. The summed E-state index contributed by atoms with van der Waals surface area (Å²) >= 11 is 1.76. The van der Waals surface area contributed by atoms with E-state index in [1.165, 1.54) is 0 Å². The Morgan fingerprint density at radius 3 is 2.17 bits per heavy atom. The predicted octanol–water partition coefficient (Wildman–Crippen LogP) is 1.47. The highest BCUT2D eigenvalue weighted by Crippen LogP contribution is 2.31. The van der Waals surface area contributed by atoms with Crippen LogP contribution in [0.25, 0.3) is 0 Å². The topological polar surface area (TPSA) is 46.2 Å². The number of rotatable bonds is 4. The van der Waals surface area contributed by atoms with Crippen molar-refractivity contribution in [1.29, 1.82) is 0 Å². The van der Waals surface area contributed by atoms with Crippen LogP contribution in [0.5, 0.6) is 0 Å². The Kier molecular flexibility index (Phi) is 5.21. The molecular formula is C9H21NOS. The first kappa shape index (κ1) is 12.3. The Morgan fingerprint density at radius 1 is 1.42 bits per heavy atom. The first-order valence-electron chi connectivity index (χ1n) is 4.37. The molecular weight excluding hydrogens is 170 g/mol. The molecule has 2 nitrogen and oxygen atoms in total. The highest BCUT2D eigenvalue weighted by molar-refractivity contribution is 8.00. The Balaban J connectivity index is 4.05. The van der Waals surface area contributed by atoms with Crippen LogP contribution in [-0.2, 0) is 0 Å². The van der Waals surface area contributed by atoms with Crippen LogP contribution in [-0.4, -0.2) is 28.8 Å². The van der Waals surface area contributed by atoms with E-state index >= 15 is 0 Å². The number of aliphatic hydroxyl groups excluding tert-OH is 1. The fraction of sp³-hybridized carbons (Fsp3) is 1.00. The maximum Gasteiger partial charge on any atom is 0.0521 e. The molecule has 0 aromatic carbocycles. The van der Waals surface area contributed by atoms with Crippen LogP contribution in [0, 0.1) is 5.41 Å². The molecule has 0 amide bonds. The van der Waals surface area contributed by atoms with Gasteiger partial charge in [-0.25, -0.2) is 0 Å². The summed E-state index contributed by atoms with van der Waals surface area (Å²) in [6.07, 6.45) is 0. The van der Waals surface area contributed by atoms with Gasteiger partial charge in [0.05, 0.1) is 6.61 Å². The van der Waals surface area contributed by atoms with Crippen molar-refractivity contribution in [2.24, 2.45) is 11.1 Å². The fourth-order valence-electron chi connectivity index (χ4n) is 1.37. The Morgan fingerprint density at radius 2 is 1.92 bits per heavy atom. The number of nitrogens with two attached hydrogens (primary N) is 1. The van der Waals surface area contributed by atoms with Crippen LogP contribution in [0.3, 0.4) is 0 Å². The van der Waals surface area contributed by atoms with E-state index in [0.29, 0.717) is 5.25 Å². The minimum Gasteiger partial charge on any atom is -0.396 e. The number of thioether (sulfide) groups is 1. The van der Waals surface area contributed by atoms with Gasteiger partial charge in [-0.3, -0.25) is 0 Å². The van der Waals surface area contributed by atoms with Gasteiger partial charge in [-0.15, -0.1) is 0 Å². The van der Waals surface area contributed by atoms with E-state index < -0.39 is 0 Å². The lowest BCUT2D eigenvalue weighted by atomic mass is 9.88. The van der Waals surface area contributed by atoms with Crippen molar-refractivity contribution in [3.05, 3.63) is 0 Å². The van der Waals surface area contributed by atoms with Gasteiger partial charge in [0, 0.05) is 17.0 Å². The monoisotopic (exact) mass is 191 g/mol. The Hall–Kier alpha value is 0.270. The van der Waals surface area contributed by atoms with Crippen LogP contribution in [0.4, 0.5) is 0 Å². The predicted molar refractivity (Wildman–Crippen MR) is 56.4 cm³/mol. The third kappa shape index (κ3) is 4.33. The molecule has 0 heterocycles. The van der Waals surface area contributed by atoms with E-state index in [1.807, 2.05) is 6.92 Å². The van der Waals surface area contributed by atoms with Crippen molar-refractivity contribution in [3.8, 4) is 0 Å². The standard InChI is InChI=1S/C9H21NOS/c1-7(10)8(9(2,3)4)12-6-5-11/h7-8,11H,5-6,10H2,1-4H3. The second kappa shape index (κ2) is 5.10. The van der Waals surface area contributed by atoms with Crippen molar-refractivity contribution in [1.82, 2.24) is 0 Å². The number of aliphatic hydroxyl groups is 1. The molecule has 0 saturated carbocycles. The maximum absolute atomic E-state index is 8.70. The second-order valence-corrected chi connectivity index (χ2v) is 5.49. The zero-order valence-corrected chi connectivity index (χ0v) is 9.32. The van der Waals surface area contributed by atoms with E-state index in [4.69, 9.17) is 10.8 Å². The molecule has 0 radical (unpaired) electrons. The summed E-state index contributed by atoms with van der Waals surface area (Å²) in [5.41, 5.74) is 6.08. The van der Waals surface area contributed by atoms with Gasteiger partial charge in [0.2, 0.25) is 0 Å². The lowest BCUT2D eigenvalue weighted by Gasteiger charge is -2.33. The van der Waals surface area contributed by atoms with Gasteiger partial charge in [0.1, 0.15) is 0 Å². The van der Waals surface area contributed by atoms with Gasteiger partial charge in [-0.05, 0) is 12.3 Å². The van der Waals surface area contributed by atoms with Gasteiger partial charge < -0.3 is 10.8 Å². The minimum absolute atomic E-state index is 0.182. The smallest absolute Gasteiger partial charge is 0.0521 e. The minimum atomic E-state index is 0.182. The average molecular weight is 191 g/mol. The van der Waals surface area contributed by atoms with Gasteiger partial charge >= 0.3 is 0 Å². The summed E-state index contributed by atoms with van der Waals surface area (Å²) in [6, 6.07) is 0.182. The fourth-order valence-corrected chi connectivity index (χ4v) is 2.53. The molecule has 0 aromatic rings. The summed E-state index contributed by atoms with van der Waals surface area (Å²) < 4.78 is 0. The first-order valence-corrected chi connectivity index (χ1v) is 5.42. The molecule has 0 bridgehead atoms. The lowest BCUT2D eigenvalue weighted by Crippen LogP contribution is -2.39. The molecule has 0 aliphatic heterocycles. The average Bonchev–Trinajstić information content (AvgIpc) is 1.84. The maximum atomic E-state index is 8.70. The molecule has 2 atom stereocenters. The molecule has 3 N–H and O–H groups in total. The first-order chi connectivity index (χ1) is 5.39. The van der Waals surface area contributed by atoms with Crippen LogP contribution in [0.1, 0.15) is 27.7 Å². The zero-order chi connectivity index (χ0) is 9.78. The van der Waals surface area contributed by atoms with Crippen molar-refractivity contribution in [2.45, 2.75) is 39.0 Å². The van der Waals surface area contributed by atoms with E-state index in [2.05, 4.69) is 20.8 Å². The zero-order valence-electron chi connectivity index (χ0n) is 8.50. The largest absolute Gasteiger partial charge is 0.396 e. The molecule has 0 rings (SSSR count). The quantitative estimate of drug-likeness (QED) is 0.707. The van der Waals surface area contributed by atoms with Crippen molar-refractivity contribution in [2.75, 3.05) is 12.4 Å². The second-order valence-electron chi connectivity index (χ2n) is 4.24. The summed E-state index contributed by atoms with van der Waals surface area (Å²) in [5, 5.41) is 9.12. The molecule has 0 aliphatic rings. The van der Waals surface area contributed by atoms with E-state index in [0.717, 1.165) is 5.75 Å². The molecule has 0 saturated heterocycles. The van der Waals surface area contributed by atoms with Crippen LogP contribution in [0.15, 0.2) is 0 Å². The van der Waals surface area contributed by atoms with Crippen molar-refractivity contribution < 1.29 is 5.11 Å². The third-order valence-electron chi connectivity index (χ3n) is 1.72. The normalized spacial score (nSPS) is 17.5. The summed E-state index contributed by atoms with van der Waals surface area (Å²) in [7, 11) is 0. The molecule has 12 heavy (non-hydrogen) atoms. The van der Waals surface area contributed by atoms with Crippen molar-refractivity contribution >= 4 is 11.8 Å². The summed E-state index contributed by atoms with van der Waals surface area (Å²) in [5.74, 6) is 0.781. The van der Waals surface area contributed by atoms with E-state index in [-0.39, 0.29) is 18.1 Å². The molecule has 0 aromatic heterocycles. The van der Waals surface area contributed by atoms with E-state index in [9.17, 15) is 0 Å². The summed E-state index contributed by atoms with van der Waals surface area (Å²) in [4.78, 5) is 0. The highest BCUT2D eigenvalue weighted by atomic mass is 32.2. The molecule has 74 valence electrons. The lowest BCUT2D eigenvalue weighted by molar-refractivity contribution is 0.320. The SMILES string of the molecule is CC(N)C(SCCO)C(C)(C)C. The third-order valence-corrected chi connectivity index (χ3v) is 3.63. The van der Waals surface area contributed by atoms with Gasteiger partial charge in [0.25, 0.3) is 0 Å². The van der Waals surface area contributed by atoms with Crippen LogP contribution in [0.2, 0.25) is 0 Å². The van der Waals surface area contributed by atoms with Crippen LogP contribution >= 0.6 is 11.8 Å². The Labute approximate surface area is 79.9 Å². The molecule has 0 aliphatic carbocycles. The molecule has 0 spiro atoms. The van der Waals surface area contributed by atoms with Gasteiger partial charge in [-0.1, -0.05) is 20.8 Å². The van der Waals surface area contributed by atoms with Crippen molar-refractivity contribution in [3.63, 3.8) is 0 Å². The van der Waals surface area contributed by atoms with E-state index in [1.54, 1.807) is 11.8 Å². The number of hydrogen-bond donors (Lipinski definition) is 2. The molecule has 0 fully saturated rings. The van der Waals surface area contributed by atoms with Gasteiger partial charge in [-0.2, -0.15) is 11.8 Å². The highest BCUT2D eigenvalue weighted by Gasteiger charge is 2.27. The summed E-state index contributed by atoms with van der Waals surface area (Å²) in [6.45, 7) is 8.83. The number of hydrogen-bond acceptors (Lipinski definition) is 3. The van der Waals surface area contributed by atoms with Crippen LogP contribution < -0.4 is 5.73 Å². The Bertz CT molecular complexity index is 120.